The first-order chi connectivity index (χ1) is 14.7. The lowest BCUT2D eigenvalue weighted by molar-refractivity contribution is 0.0873. The molecule has 7 heteroatoms. The Hall–Kier alpha value is -2.12. The molecule has 2 fully saturated rings. The number of nitrogens with one attached hydrogen (secondary N) is 2. The summed E-state index contributed by atoms with van der Waals surface area (Å²) in [6, 6.07) is 5.75. The molecule has 2 N–H and O–H groups in total. The van der Waals surface area contributed by atoms with E-state index in [1.165, 1.54) is 12.8 Å². The van der Waals surface area contributed by atoms with Crippen LogP contribution < -0.4 is 20.3 Å². The molecule has 2 saturated heterocycles. The summed E-state index contributed by atoms with van der Waals surface area (Å²) in [4.78, 5) is 20.3. The van der Waals surface area contributed by atoms with Crippen LogP contribution in [0.3, 0.4) is 0 Å². The Kier molecular flexibility index (Phi) is 6.01. The van der Waals surface area contributed by atoms with Crippen LogP contribution in [0.25, 0.3) is 11.3 Å². The normalized spacial score (nSPS) is 20.6. The summed E-state index contributed by atoms with van der Waals surface area (Å²) in [6.45, 7) is 10.9. The van der Waals surface area contributed by atoms with Crippen LogP contribution >= 0.6 is 11.3 Å². The Labute approximate surface area is 189 Å². The van der Waals surface area contributed by atoms with Gasteiger partial charge in [-0.2, -0.15) is 0 Å². The maximum atomic E-state index is 13.1. The molecule has 0 radical (unpaired) electrons. The number of piperidine rings is 1. The highest BCUT2D eigenvalue weighted by atomic mass is 32.1. The molecule has 2 aromatic rings. The van der Waals surface area contributed by atoms with E-state index in [1.54, 1.807) is 18.4 Å². The summed E-state index contributed by atoms with van der Waals surface area (Å²) in [6.07, 6.45) is 4.24. The van der Waals surface area contributed by atoms with Crippen LogP contribution in [0.4, 0.5) is 5.13 Å². The molecule has 0 aliphatic carbocycles. The summed E-state index contributed by atoms with van der Waals surface area (Å²) >= 11 is 1.65. The van der Waals surface area contributed by atoms with E-state index >= 15 is 0 Å². The molecule has 0 saturated carbocycles. The van der Waals surface area contributed by atoms with Crippen molar-refractivity contribution in [2.45, 2.75) is 70.5 Å². The number of rotatable bonds is 5. The Morgan fingerprint density at radius 3 is 2.52 bits per heavy atom. The van der Waals surface area contributed by atoms with Gasteiger partial charge in [-0.1, -0.05) is 0 Å². The first-order valence-electron chi connectivity index (χ1n) is 11.1. The molecule has 1 aromatic heterocycles. The molecule has 168 valence electrons. The average Bonchev–Trinajstić information content (AvgIpc) is 3.36. The van der Waals surface area contributed by atoms with Gasteiger partial charge in [-0.3, -0.25) is 4.79 Å². The minimum atomic E-state index is -0.0441. The van der Waals surface area contributed by atoms with Crippen molar-refractivity contribution in [3.8, 4) is 17.0 Å². The summed E-state index contributed by atoms with van der Waals surface area (Å²) in [5.41, 5.74) is 2.33. The second kappa shape index (κ2) is 8.43. The summed E-state index contributed by atoms with van der Waals surface area (Å²) in [5, 5.41) is 10.0. The monoisotopic (exact) mass is 442 g/mol. The van der Waals surface area contributed by atoms with Crippen molar-refractivity contribution in [3.63, 3.8) is 0 Å². The fraction of sp³-hybridized carbons (Fsp3) is 0.583. The maximum Gasteiger partial charge on any atom is 0.251 e. The van der Waals surface area contributed by atoms with Crippen LogP contribution in [0, 0.1) is 0 Å². The maximum absolute atomic E-state index is 13.1. The number of hydrogen-bond donors (Lipinski definition) is 2. The SMILES string of the molecule is COc1ccc(C(=O)NC2CC(C)(C)NC(C)(C)C2)cc1-c1csc(N2CCCC2)n1. The number of amides is 1. The topological polar surface area (TPSA) is 66.5 Å². The van der Waals surface area contributed by atoms with Gasteiger partial charge >= 0.3 is 0 Å². The minimum Gasteiger partial charge on any atom is -0.496 e. The van der Waals surface area contributed by atoms with Crippen molar-refractivity contribution < 1.29 is 9.53 Å². The van der Waals surface area contributed by atoms with E-state index < -0.39 is 0 Å². The van der Waals surface area contributed by atoms with E-state index in [0.29, 0.717) is 5.56 Å². The van der Waals surface area contributed by atoms with Crippen molar-refractivity contribution in [3.05, 3.63) is 29.1 Å². The number of carbonyl (C=O) groups is 1. The molecule has 0 unspecified atom stereocenters. The van der Waals surface area contributed by atoms with Gasteiger partial charge in [0.1, 0.15) is 5.75 Å². The quantitative estimate of drug-likeness (QED) is 0.716. The van der Waals surface area contributed by atoms with Gasteiger partial charge in [-0.25, -0.2) is 4.98 Å². The van der Waals surface area contributed by atoms with E-state index in [0.717, 1.165) is 48.1 Å². The Morgan fingerprint density at radius 2 is 1.87 bits per heavy atom. The molecule has 0 spiro atoms. The first kappa shape index (κ1) is 22.1. The smallest absolute Gasteiger partial charge is 0.251 e. The van der Waals surface area contributed by atoms with Gasteiger partial charge in [-0.05, 0) is 71.6 Å². The van der Waals surface area contributed by atoms with Gasteiger partial charge in [0.05, 0.1) is 12.8 Å². The number of thiazole rings is 1. The Balaban J connectivity index is 1.55. The minimum absolute atomic E-state index is 0.0165. The number of benzene rings is 1. The molecule has 0 bridgehead atoms. The highest BCUT2D eigenvalue weighted by Crippen LogP contribution is 2.35. The third-order valence-electron chi connectivity index (χ3n) is 6.13. The van der Waals surface area contributed by atoms with E-state index in [1.807, 2.05) is 18.2 Å². The molecule has 1 amide bonds. The number of methoxy groups -OCH3 is 1. The van der Waals surface area contributed by atoms with Crippen LogP contribution in [0.5, 0.6) is 5.75 Å². The van der Waals surface area contributed by atoms with E-state index in [-0.39, 0.29) is 23.0 Å². The highest BCUT2D eigenvalue weighted by molar-refractivity contribution is 7.14. The van der Waals surface area contributed by atoms with Crippen molar-refractivity contribution in [1.29, 1.82) is 0 Å². The zero-order valence-corrected chi connectivity index (χ0v) is 20.1. The van der Waals surface area contributed by atoms with Crippen molar-refractivity contribution in [2.75, 3.05) is 25.1 Å². The molecule has 31 heavy (non-hydrogen) atoms. The van der Waals surface area contributed by atoms with Crippen molar-refractivity contribution in [2.24, 2.45) is 0 Å². The summed E-state index contributed by atoms with van der Waals surface area (Å²) in [5.74, 6) is 0.691. The van der Waals surface area contributed by atoms with Crippen LogP contribution in [-0.4, -0.2) is 48.2 Å². The molecule has 0 atom stereocenters. The highest BCUT2D eigenvalue weighted by Gasteiger charge is 2.38. The first-order valence-corrected chi connectivity index (χ1v) is 12.0. The van der Waals surface area contributed by atoms with Gasteiger partial charge < -0.3 is 20.3 Å². The van der Waals surface area contributed by atoms with Crippen LogP contribution in [0.1, 0.15) is 63.7 Å². The molecular formula is C24H34N4O2S. The van der Waals surface area contributed by atoms with Gasteiger partial charge in [0.25, 0.3) is 5.91 Å². The molecule has 2 aliphatic heterocycles. The standard InChI is InChI=1S/C24H34N4O2S/c1-23(2)13-17(14-24(3,4)27-23)25-21(29)16-8-9-20(30-5)18(12-16)19-15-31-22(26-19)28-10-6-7-11-28/h8-9,12,15,17,27H,6-7,10-11,13-14H2,1-5H3,(H,25,29). The predicted octanol–water partition coefficient (Wildman–Crippen LogP) is 4.46. The molecule has 4 rings (SSSR count). The Bertz CT molecular complexity index is 931. The molecular weight excluding hydrogens is 408 g/mol. The lowest BCUT2D eigenvalue weighted by Gasteiger charge is -2.46. The second-order valence-corrected chi connectivity index (χ2v) is 10.9. The number of hydrogen-bond acceptors (Lipinski definition) is 6. The van der Waals surface area contributed by atoms with Crippen LogP contribution in [0.2, 0.25) is 0 Å². The molecule has 6 nitrogen and oxygen atoms in total. The van der Waals surface area contributed by atoms with Crippen LogP contribution in [-0.2, 0) is 0 Å². The largest absolute Gasteiger partial charge is 0.496 e. The lowest BCUT2D eigenvalue weighted by atomic mass is 9.79. The van der Waals surface area contributed by atoms with E-state index in [4.69, 9.17) is 9.72 Å². The number of ether oxygens (including phenoxy) is 1. The molecule has 3 heterocycles. The van der Waals surface area contributed by atoms with E-state index in [9.17, 15) is 4.79 Å². The lowest BCUT2D eigenvalue weighted by Crippen LogP contribution is -2.62. The molecule has 2 aliphatic rings. The number of anilines is 1. The Morgan fingerprint density at radius 1 is 1.19 bits per heavy atom. The fourth-order valence-corrected chi connectivity index (χ4v) is 6.06. The van der Waals surface area contributed by atoms with Crippen molar-refractivity contribution in [1.82, 2.24) is 15.6 Å². The van der Waals surface area contributed by atoms with Gasteiger partial charge in [0.15, 0.2) is 5.13 Å². The third kappa shape index (κ3) is 5.04. The zero-order chi connectivity index (χ0) is 22.2. The molecule has 1 aromatic carbocycles. The number of nitrogens with zero attached hydrogens (tertiary/aromatic N) is 2. The van der Waals surface area contributed by atoms with Gasteiger partial charge in [-0.15, -0.1) is 11.3 Å². The third-order valence-corrected chi connectivity index (χ3v) is 7.03. The number of aromatic nitrogens is 1. The summed E-state index contributed by atoms with van der Waals surface area (Å²) in [7, 11) is 1.66. The van der Waals surface area contributed by atoms with Crippen LogP contribution in [0.15, 0.2) is 23.6 Å². The fourth-order valence-electron chi connectivity index (χ4n) is 5.18. The average molecular weight is 443 g/mol. The summed E-state index contributed by atoms with van der Waals surface area (Å²) < 4.78 is 5.58. The zero-order valence-electron chi connectivity index (χ0n) is 19.2. The van der Waals surface area contributed by atoms with Gasteiger partial charge in [0, 0.05) is 46.7 Å². The van der Waals surface area contributed by atoms with Crippen molar-refractivity contribution >= 4 is 22.4 Å². The second-order valence-electron chi connectivity index (χ2n) is 10.1. The predicted molar refractivity (Wildman–Crippen MR) is 127 cm³/mol. The van der Waals surface area contributed by atoms with E-state index in [2.05, 4.69) is 48.6 Å². The van der Waals surface area contributed by atoms with Gasteiger partial charge in [0.2, 0.25) is 0 Å². The number of carbonyl (C=O) groups excluding carboxylic acids is 1.